The van der Waals surface area contributed by atoms with Gasteiger partial charge in [0.05, 0.1) is 11.3 Å². The summed E-state index contributed by atoms with van der Waals surface area (Å²) < 4.78 is 13.2. The first-order valence-electron chi connectivity index (χ1n) is 6.87. The molecule has 0 heterocycles. The summed E-state index contributed by atoms with van der Waals surface area (Å²) in [6.07, 6.45) is 1.86. The number of rotatable bonds is 3. The molecule has 1 N–H and O–H groups in total. The number of nitriles is 1. The van der Waals surface area contributed by atoms with E-state index in [9.17, 15) is 4.39 Å². The molecule has 1 fully saturated rings. The molecule has 0 spiro atoms. The Hall–Kier alpha value is -2.05. The third kappa shape index (κ3) is 3.01. The van der Waals surface area contributed by atoms with Gasteiger partial charge >= 0.3 is 0 Å². The van der Waals surface area contributed by atoms with Crippen LogP contribution in [-0.4, -0.2) is 6.04 Å². The second-order valence-corrected chi connectivity index (χ2v) is 5.80. The van der Waals surface area contributed by atoms with Crippen LogP contribution in [0.15, 0.2) is 42.5 Å². The van der Waals surface area contributed by atoms with Gasteiger partial charge in [-0.15, -0.1) is 0 Å². The topological polar surface area (TPSA) is 35.8 Å². The monoisotopic (exact) mass is 300 g/mol. The molecule has 2 aromatic rings. The molecule has 0 amide bonds. The molecule has 106 valence electrons. The fourth-order valence-corrected chi connectivity index (χ4v) is 2.89. The van der Waals surface area contributed by atoms with Crippen LogP contribution in [0.5, 0.6) is 0 Å². The molecule has 0 radical (unpaired) electrons. The van der Waals surface area contributed by atoms with Crippen LogP contribution >= 0.6 is 11.6 Å². The van der Waals surface area contributed by atoms with Gasteiger partial charge in [-0.3, -0.25) is 0 Å². The normalized spacial score (nSPS) is 20.4. The Morgan fingerprint density at radius 1 is 1.19 bits per heavy atom. The average Bonchev–Trinajstić information content (AvgIpc) is 2.42. The van der Waals surface area contributed by atoms with Gasteiger partial charge in [-0.2, -0.15) is 5.26 Å². The SMILES string of the molecule is N#Cc1ccc(Cl)cc1NC1CC(c2cccc(F)c2)C1. The predicted molar refractivity (Wildman–Crippen MR) is 82.0 cm³/mol. The van der Waals surface area contributed by atoms with Crippen molar-refractivity contribution >= 4 is 17.3 Å². The fourth-order valence-electron chi connectivity index (χ4n) is 2.72. The van der Waals surface area contributed by atoms with Gasteiger partial charge in [0.1, 0.15) is 11.9 Å². The summed E-state index contributed by atoms with van der Waals surface area (Å²) in [6, 6.07) is 14.4. The Morgan fingerprint density at radius 3 is 2.71 bits per heavy atom. The Kier molecular flexibility index (Phi) is 3.81. The first-order valence-corrected chi connectivity index (χ1v) is 7.25. The van der Waals surface area contributed by atoms with Crippen molar-refractivity contribution in [3.63, 3.8) is 0 Å². The van der Waals surface area contributed by atoms with Gasteiger partial charge in [-0.1, -0.05) is 23.7 Å². The van der Waals surface area contributed by atoms with Crippen LogP contribution in [0.3, 0.4) is 0 Å². The highest BCUT2D eigenvalue weighted by molar-refractivity contribution is 6.30. The molecule has 3 rings (SSSR count). The van der Waals surface area contributed by atoms with Crippen LogP contribution in [-0.2, 0) is 0 Å². The Balaban J connectivity index is 1.65. The van der Waals surface area contributed by atoms with E-state index < -0.39 is 0 Å². The fraction of sp³-hybridized carbons (Fsp3) is 0.235. The van der Waals surface area contributed by atoms with E-state index in [4.69, 9.17) is 16.9 Å². The first-order chi connectivity index (χ1) is 10.2. The van der Waals surface area contributed by atoms with Crippen LogP contribution in [0.4, 0.5) is 10.1 Å². The molecule has 21 heavy (non-hydrogen) atoms. The van der Waals surface area contributed by atoms with E-state index in [-0.39, 0.29) is 5.82 Å². The van der Waals surface area contributed by atoms with Crippen molar-refractivity contribution in [2.75, 3.05) is 5.32 Å². The third-order valence-electron chi connectivity index (χ3n) is 3.92. The lowest BCUT2D eigenvalue weighted by atomic mass is 9.75. The van der Waals surface area contributed by atoms with E-state index in [1.165, 1.54) is 6.07 Å². The van der Waals surface area contributed by atoms with E-state index >= 15 is 0 Å². The van der Waals surface area contributed by atoms with E-state index in [1.54, 1.807) is 30.3 Å². The van der Waals surface area contributed by atoms with Crippen molar-refractivity contribution in [2.24, 2.45) is 0 Å². The van der Waals surface area contributed by atoms with Crippen molar-refractivity contribution in [1.82, 2.24) is 0 Å². The number of anilines is 1. The molecule has 0 aliphatic heterocycles. The Morgan fingerprint density at radius 2 is 2.00 bits per heavy atom. The van der Waals surface area contributed by atoms with Gasteiger partial charge in [0.2, 0.25) is 0 Å². The molecule has 0 aromatic heterocycles. The van der Waals surface area contributed by atoms with Crippen molar-refractivity contribution in [2.45, 2.75) is 24.8 Å². The van der Waals surface area contributed by atoms with Gasteiger partial charge in [0.15, 0.2) is 0 Å². The lowest BCUT2D eigenvalue weighted by molar-refractivity contribution is 0.373. The number of nitrogens with zero attached hydrogens (tertiary/aromatic N) is 1. The maximum atomic E-state index is 13.2. The van der Waals surface area contributed by atoms with Gasteiger partial charge in [0.25, 0.3) is 0 Å². The van der Waals surface area contributed by atoms with Crippen LogP contribution < -0.4 is 5.32 Å². The maximum absolute atomic E-state index is 13.2. The van der Waals surface area contributed by atoms with Crippen molar-refractivity contribution in [3.05, 3.63) is 64.4 Å². The summed E-state index contributed by atoms with van der Waals surface area (Å²) in [5.74, 6) is 0.188. The molecule has 0 bridgehead atoms. The summed E-state index contributed by atoms with van der Waals surface area (Å²) in [7, 11) is 0. The minimum atomic E-state index is -0.189. The van der Waals surface area contributed by atoms with Gasteiger partial charge in [0, 0.05) is 11.1 Å². The molecular formula is C17H14ClFN2. The van der Waals surface area contributed by atoms with Gasteiger partial charge in [-0.05, 0) is 54.7 Å². The second kappa shape index (κ2) is 5.75. The standard InChI is InChI=1S/C17H14ClFN2/c18-14-5-4-12(10-20)17(9-14)21-16-7-13(8-16)11-2-1-3-15(19)6-11/h1-6,9,13,16,21H,7-8H2. The van der Waals surface area contributed by atoms with E-state index in [2.05, 4.69) is 11.4 Å². The summed E-state index contributed by atoms with van der Waals surface area (Å²) in [4.78, 5) is 0. The number of halogens is 2. The molecule has 1 saturated carbocycles. The predicted octanol–water partition coefficient (Wildman–Crippen LogP) is 4.71. The highest BCUT2D eigenvalue weighted by Gasteiger charge is 2.30. The zero-order chi connectivity index (χ0) is 14.8. The molecule has 2 aromatic carbocycles. The molecule has 2 nitrogen and oxygen atoms in total. The van der Waals surface area contributed by atoms with E-state index in [1.807, 2.05) is 6.07 Å². The lowest BCUT2D eigenvalue weighted by Gasteiger charge is -2.37. The van der Waals surface area contributed by atoms with Gasteiger partial charge < -0.3 is 5.32 Å². The van der Waals surface area contributed by atoms with Crippen LogP contribution in [0, 0.1) is 17.1 Å². The first kappa shape index (κ1) is 13.9. The average molecular weight is 301 g/mol. The van der Waals surface area contributed by atoms with Gasteiger partial charge in [-0.25, -0.2) is 4.39 Å². The largest absolute Gasteiger partial charge is 0.381 e. The molecule has 4 heteroatoms. The molecule has 0 unspecified atom stereocenters. The zero-order valence-electron chi connectivity index (χ0n) is 11.3. The third-order valence-corrected chi connectivity index (χ3v) is 4.15. The van der Waals surface area contributed by atoms with Crippen LogP contribution in [0.1, 0.15) is 29.9 Å². The van der Waals surface area contributed by atoms with Crippen LogP contribution in [0.25, 0.3) is 0 Å². The number of hydrogen-bond acceptors (Lipinski definition) is 2. The summed E-state index contributed by atoms with van der Waals surface area (Å²) in [5, 5.41) is 13.1. The quantitative estimate of drug-likeness (QED) is 0.891. The molecular weight excluding hydrogens is 287 g/mol. The molecule has 1 aliphatic carbocycles. The molecule has 0 atom stereocenters. The molecule has 0 saturated heterocycles. The second-order valence-electron chi connectivity index (χ2n) is 5.37. The lowest BCUT2D eigenvalue weighted by Crippen LogP contribution is -2.34. The van der Waals surface area contributed by atoms with Crippen molar-refractivity contribution < 1.29 is 4.39 Å². The highest BCUT2D eigenvalue weighted by atomic mass is 35.5. The summed E-state index contributed by atoms with van der Waals surface area (Å²) in [6.45, 7) is 0. The summed E-state index contributed by atoms with van der Waals surface area (Å²) >= 11 is 5.97. The zero-order valence-corrected chi connectivity index (χ0v) is 12.1. The number of benzene rings is 2. The maximum Gasteiger partial charge on any atom is 0.123 e. The summed E-state index contributed by atoms with van der Waals surface area (Å²) in [5.41, 5.74) is 2.40. The number of hydrogen-bond donors (Lipinski definition) is 1. The smallest absolute Gasteiger partial charge is 0.123 e. The van der Waals surface area contributed by atoms with Crippen LogP contribution in [0.2, 0.25) is 5.02 Å². The minimum Gasteiger partial charge on any atom is -0.381 e. The van der Waals surface area contributed by atoms with Crippen molar-refractivity contribution in [3.8, 4) is 6.07 Å². The van der Waals surface area contributed by atoms with Crippen molar-refractivity contribution in [1.29, 1.82) is 5.26 Å². The number of nitrogens with one attached hydrogen (secondary N) is 1. The Bertz CT molecular complexity index is 702. The van der Waals surface area contributed by atoms with E-state index in [0.717, 1.165) is 24.1 Å². The van der Waals surface area contributed by atoms with E-state index in [0.29, 0.717) is 22.5 Å². The highest BCUT2D eigenvalue weighted by Crippen LogP contribution is 2.39. The Labute approximate surface area is 128 Å². The minimum absolute atomic E-state index is 0.189. The molecule has 1 aliphatic rings.